The standard InChI is InChI=1S/C15H22N2O5S/c1-10(15(18)17-11-6-7-23(19,20)9-11)16-13-5-4-12(21-2)8-14(13)22-3/h4-5,8,10-11,16H,6-7,9H2,1-3H3,(H,17,18)/t10-,11-/m1/s1. The smallest absolute Gasteiger partial charge is 0.242 e. The van der Waals surface area contributed by atoms with Gasteiger partial charge >= 0.3 is 0 Å². The van der Waals surface area contributed by atoms with E-state index >= 15 is 0 Å². The summed E-state index contributed by atoms with van der Waals surface area (Å²) < 4.78 is 33.3. The summed E-state index contributed by atoms with van der Waals surface area (Å²) >= 11 is 0. The number of sulfone groups is 1. The average Bonchev–Trinajstić information content (AvgIpc) is 2.86. The first-order valence-corrected chi connectivity index (χ1v) is 9.16. The highest BCUT2D eigenvalue weighted by atomic mass is 32.2. The van der Waals surface area contributed by atoms with Crippen molar-refractivity contribution >= 4 is 21.4 Å². The van der Waals surface area contributed by atoms with Crippen LogP contribution in [0.5, 0.6) is 11.5 Å². The van der Waals surface area contributed by atoms with E-state index in [-0.39, 0.29) is 23.5 Å². The van der Waals surface area contributed by atoms with E-state index in [1.807, 2.05) is 0 Å². The SMILES string of the molecule is COc1ccc(N[C@H](C)C(=O)N[C@@H]2CCS(=O)(=O)C2)c(OC)c1. The van der Waals surface area contributed by atoms with E-state index in [9.17, 15) is 13.2 Å². The van der Waals surface area contributed by atoms with Crippen molar-refractivity contribution in [3.63, 3.8) is 0 Å². The van der Waals surface area contributed by atoms with Crippen molar-refractivity contribution in [3.8, 4) is 11.5 Å². The van der Waals surface area contributed by atoms with Crippen LogP contribution in [0.3, 0.4) is 0 Å². The molecule has 1 aliphatic rings. The Morgan fingerprint density at radius 2 is 2.04 bits per heavy atom. The topological polar surface area (TPSA) is 93.7 Å². The number of amides is 1. The zero-order chi connectivity index (χ0) is 17.0. The third-order valence-electron chi connectivity index (χ3n) is 3.75. The monoisotopic (exact) mass is 342 g/mol. The van der Waals surface area contributed by atoms with Crippen LogP contribution in [0.4, 0.5) is 5.69 Å². The molecule has 128 valence electrons. The number of hydrogen-bond donors (Lipinski definition) is 2. The molecule has 0 aromatic heterocycles. The van der Waals surface area contributed by atoms with Gasteiger partial charge in [0.2, 0.25) is 5.91 Å². The third-order valence-corrected chi connectivity index (χ3v) is 5.52. The van der Waals surface area contributed by atoms with Gasteiger partial charge in [0.1, 0.15) is 17.5 Å². The second-order valence-corrected chi connectivity index (χ2v) is 7.77. The number of ether oxygens (including phenoxy) is 2. The first kappa shape index (κ1) is 17.4. The lowest BCUT2D eigenvalue weighted by Crippen LogP contribution is -2.43. The van der Waals surface area contributed by atoms with Gasteiger partial charge in [0.15, 0.2) is 9.84 Å². The highest BCUT2D eigenvalue weighted by Gasteiger charge is 2.30. The Morgan fingerprint density at radius 1 is 1.30 bits per heavy atom. The van der Waals surface area contributed by atoms with E-state index in [0.29, 0.717) is 23.6 Å². The highest BCUT2D eigenvalue weighted by Crippen LogP contribution is 2.29. The Labute approximate surface area is 136 Å². The van der Waals surface area contributed by atoms with Gasteiger partial charge in [-0.3, -0.25) is 4.79 Å². The molecule has 2 N–H and O–H groups in total. The molecule has 2 atom stereocenters. The number of rotatable bonds is 6. The van der Waals surface area contributed by atoms with Gasteiger partial charge in [-0.05, 0) is 25.5 Å². The molecule has 1 aromatic rings. The fourth-order valence-corrected chi connectivity index (χ4v) is 4.12. The number of carbonyl (C=O) groups is 1. The van der Waals surface area contributed by atoms with Gasteiger partial charge in [0.05, 0.1) is 31.4 Å². The van der Waals surface area contributed by atoms with Crippen LogP contribution in [0.25, 0.3) is 0 Å². The molecule has 0 aliphatic carbocycles. The lowest BCUT2D eigenvalue weighted by Gasteiger charge is -2.19. The maximum Gasteiger partial charge on any atom is 0.242 e. The Hall–Kier alpha value is -1.96. The Morgan fingerprint density at radius 3 is 2.61 bits per heavy atom. The molecule has 0 unspecified atom stereocenters. The second-order valence-electron chi connectivity index (χ2n) is 5.54. The highest BCUT2D eigenvalue weighted by molar-refractivity contribution is 7.91. The third kappa shape index (κ3) is 4.51. The summed E-state index contributed by atoms with van der Waals surface area (Å²) in [4.78, 5) is 12.2. The molecule has 1 fully saturated rings. The van der Waals surface area contributed by atoms with Crippen molar-refractivity contribution in [1.82, 2.24) is 5.32 Å². The molecule has 2 rings (SSSR count). The maximum atomic E-state index is 12.2. The zero-order valence-electron chi connectivity index (χ0n) is 13.5. The predicted octanol–water partition coefficient (Wildman–Crippen LogP) is 0.808. The normalized spacial score (nSPS) is 20.6. The van der Waals surface area contributed by atoms with Crippen LogP contribution in [0.1, 0.15) is 13.3 Å². The first-order chi connectivity index (χ1) is 10.8. The maximum absolute atomic E-state index is 12.2. The number of anilines is 1. The van der Waals surface area contributed by atoms with Crippen LogP contribution in [-0.2, 0) is 14.6 Å². The molecule has 1 saturated heterocycles. The Kier molecular flexibility index (Phi) is 5.35. The van der Waals surface area contributed by atoms with Crippen LogP contribution >= 0.6 is 0 Å². The van der Waals surface area contributed by atoms with Crippen molar-refractivity contribution in [2.24, 2.45) is 0 Å². The minimum atomic E-state index is -3.01. The predicted molar refractivity (Wildman–Crippen MR) is 87.8 cm³/mol. The lowest BCUT2D eigenvalue weighted by molar-refractivity contribution is -0.122. The quantitative estimate of drug-likeness (QED) is 0.794. The van der Waals surface area contributed by atoms with Gasteiger partial charge in [-0.2, -0.15) is 0 Å². The summed E-state index contributed by atoms with van der Waals surface area (Å²) in [7, 11) is 0.0858. The van der Waals surface area contributed by atoms with Crippen LogP contribution in [0, 0.1) is 0 Å². The van der Waals surface area contributed by atoms with E-state index in [1.54, 1.807) is 32.2 Å². The number of hydrogen-bond acceptors (Lipinski definition) is 6. The van der Waals surface area contributed by atoms with Crippen molar-refractivity contribution in [3.05, 3.63) is 18.2 Å². The molecule has 1 aromatic carbocycles. The second kappa shape index (κ2) is 7.08. The molecular weight excluding hydrogens is 320 g/mol. The molecule has 8 heteroatoms. The molecule has 1 aliphatic heterocycles. The molecule has 1 amide bonds. The van der Waals surface area contributed by atoms with E-state index in [0.717, 1.165) is 0 Å². The summed E-state index contributed by atoms with van der Waals surface area (Å²) in [5.41, 5.74) is 0.662. The average molecular weight is 342 g/mol. The molecule has 0 saturated carbocycles. The summed E-state index contributed by atoms with van der Waals surface area (Å²) in [6, 6.07) is 4.41. The summed E-state index contributed by atoms with van der Waals surface area (Å²) in [6.07, 6.45) is 0.465. The fourth-order valence-electron chi connectivity index (χ4n) is 2.45. The number of carbonyl (C=O) groups excluding carboxylic acids is 1. The fraction of sp³-hybridized carbons (Fsp3) is 0.533. The molecule has 23 heavy (non-hydrogen) atoms. The van der Waals surface area contributed by atoms with Gasteiger partial charge in [0, 0.05) is 12.1 Å². The first-order valence-electron chi connectivity index (χ1n) is 7.34. The molecule has 7 nitrogen and oxygen atoms in total. The molecule has 0 radical (unpaired) electrons. The lowest BCUT2D eigenvalue weighted by atomic mass is 10.2. The number of nitrogens with one attached hydrogen (secondary N) is 2. The van der Waals surface area contributed by atoms with Gasteiger partial charge in [-0.1, -0.05) is 0 Å². The molecule has 0 spiro atoms. The Balaban J connectivity index is 1.98. The minimum Gasteiger partial charge on any atom is -0.497 e. The van der Waals surface area contributed by atoms with Crippen LogP contribution in [0.15, 0.2) is 18.2 Å². The summed E-state index contributed by atoms with van der Waals surface area (Å²) in [5, 5.41) is 5.83. The van der Waals surface area contributed by atoms with Gasteiger partial charge in [0.25, 0.3) is 0 Å². The molecule has 0 bridgehead atoms. The van der Waals surface area contributed by atoms with Gasteiger partial charge < -0.3 is 20.1 Å². The van der Waals surface area contributed by atoms with Crippen LogP contribution in [0.2, 0.25) is 0 Å². The summed E-state index contributed by atoms with van der Waals surface area (Å²) in [5.74, 6) is 1.11. The van der Waals surface area contributed by atoms with Crippen LogP contribution in [-0.4, -0.2) is 52.1 Å². The summed E-state index contributed by atoms with van der Waals surface area (Å²) in [6.45, 7) is 1.71. The van der Waals surface area contributed by atoms with Crippen LogP contribution < -0.4 is 20.1 Å². The number of methoxy groups -OCH3 is 2. The van der Waals surface area contributed by atoms with Crippen molar-refractivity contribution < 1.29 is 22.7 Å². The minimum absolute atomic E-state index is 0.0112. The van der Waals surface area contributed by atoms with Crippen molar-refractivity contribution in [2.75, 3.05) is 31.0 Å². The van der Waals surface area contributed by atoms with E-state index in [2.05, 4.69) is 10.6 Å². The number of benzene rings is 1. The van der Waals surface area contributed by atoms with Gasteiger partial charge in [-0.25, -0.2) is 8.42 Å². The Bertz CT molecular complexity index is 674. The largest absolute Gasteiger partial charge is 0.497 e. The molecular formula is C15H22N2O5S. The van der Waals surface area contributed by atoms with E-state index in [4.69, 9.17) is 9.47 Å². The van der Waals surface area contributed by atoms with E-state index < -0.39 is 15.9 Å². The zero-order valence-corrected chi connectivity index (χ0v) is 14.3. The van der Waals surface area contributed by atoms with Crippen molar-refractivity contribution in [1.29, 1.82) is 0 Å². The van der Waals surface area contributed by atoms with E-state index in [1.165, 1.54) is 7.11 Å². The van der Waals surface area contributed by atoms with Gasteiger partial charge in [-0.15, -0.1) is 0 Å². The molecule has 1 heterocycles. The van der Waals surface area contributed by atoms with Crippen molar-refractivity contribution in [2.45, 2.75) is 25.4 Å².